The summed E-state index contributed by atoms with van der Waals surface area (Å²) >= 11 is 7.08. The number of carbonyl (C=O) groups excluding carboxylic acids is 1. The molecule has 0 saturated carbocycles. The lowest BCUT2D eigenvalue weighted by atomic mass is 10.1. The molecule has 1 unspecified atom stereocenters. The summed E-state index contributed by atoms with van der Waals surface area (Å²) in [4.78, 5) is 16.6. The Morgan fingerprint density at radius 2 is 2.07 bits per heavy atom. The van der Waals surface area contributed by atoms with Gasteiger partial charge in [0.2, 0.25) is 15.9 Å². The third-order valence-electron chi connectivity index (χ3n) is 5.04. The third-order valence-corrected chi connectivity index (χ3v) is 7.34. The first-order valence-electron chi connectivity index (χ1n) is 9.30. The average Bonchev–Trinajstić information content (AvgIpc) is 3.25. The predicted octanol–water partition coefficient (Wildman–Crippen LogP) is 3.86. The predicted molar refractivity (Wildman–Crippen MR) is 120 cm³/mol. The first-order valence-corrected chi connectivity index (χ1v) is 12.0. The van der Waals surface area contributed by atoms with Crippen LogP contribution in [-0.4, -0.2) is 45.9 Å². The van der Waals surface area contributed by atoms with Crippen LogP contribution in [0.1, 0.15) is 29.8 Å². The molecule has 1 fully saturated rings. The van der Waals surface area contributed by atoms with Crippen LogP contribution in [0, 0.1) is 5.82 Å². The van der Waals surface area contributed by atoms with Crippen LogP contribution in [-0.2, 0) is 14.8 Å². The van der Waals surface area contributed by atoms with Crippen LogP contribution in [0.5, 0.6) is 0 Å². The van der Waals surface area contributed by atoms with E-state index in [2.05, 4.69) is 4.72 Å². The van der Waals surface area contributed by atoms with Gasteiger partial charge in [-0.2, -0.15) is 4.72 Å². The number of rotatable bonds is 7. The Morgan fingerprint density at radius 1 is 1.33 bits per heavy atom. The van der Waals surface area contributed by atoms with E-state index in [1.54, 1.807) is 24.3 Å². The van der Waals surface area contributed by atoms with Gasteiger partial charge < -0.3 is 9.80 Å². The average molecular weight is 472 g/mol. The Bertz CT molecular complexity index is 1070. The maximum absolute atomic E-state index is 14.7. The van der Waals surface area contributed by atoms with Gasteiger partial charge in [-0.1, -0.05) is 17.7 Å². The maximum Gasteiger partial charge on any atom is 0.245 e. The van der Waals surface area contributed by atoms with Crippen molar-refractivity contribution < 1.29 is 17.6 Å². The molecule has 0 radical (unpaired) electrons. The molecule has 1 aromatic carbocycles. The van der Waals surface area contributed by atoms with E-state index in [9.17, 15) is 17.6 Å². The molecule has 0 bridgehead atoms. The summed E-state index contributed by atoms with van der Waals surface area (Å²) in [5.41, 5.74) is 0.948. The summed E-state index contributed by atoms with van der Waals surface area (Å²) in [6.45, 7) is 2.19. The van der Waals surface area contributed by atoms with Gasteiger partial charge in [0, 0.05) is 22.9 Å². The van der Waals surface area contributed by atoms with Gasteiger partial charge in [0.15, 0.2) is 0 Å². The van der Waals surface area contributed by atoms with Crippen LogP contribution in [0.4, 0.5) is 10.1 Å². The highest BCUT2D eigenvalue weighted by molar-refractivity contribution is 7.92. The van der Waals surface area contributed by atoms with E-state index in [-0.39, 0.29) is 24.7 Å². The molecule has 1 aliphatic heterocycles. The topological polar surface area (TPSA) is 69.7 Å². The van der Waals surface area contributed by atoms with Crippen molar-refractivity contribution in [2.75, 3.05) is 25.5 Å². The minimum absolute atomic E-state index is 0.0207. The summed E-state index contributed by atoms with van der Waals surface area (Å²) in [5.74, 6) is -0.981. The molecule has 2 heterocycles. The monoisotopic (exact) mass is 471 g/mol. The van der Waals surface area contributed by atoms with E-state index in [1.807, 2.05) is 25.9 Å². The van der Waals surface area contributed by atoms with Crippen molar-refractivity contribution in [2.24, 2.45) is 0 Å². The van der Waals surface area contributed by atoms with Crippen molar-refractivity contribution in [3.63, 3.8) is 0 Å². The van der Waals surface area contributed by atoms with Crippen LogP contribution in [0.2, 0.25) is 4.34 Å². The summed E-state index contributed by atoms with van der Waals surface area (Å²) in [5, 5.41) is 1.00. The van der Waals surface area contributed by atoms with Crippen molar-refractivity contribution in [3.05, 3.63) is 56.3 Å². The van der Waals surface area contributed by atoms with Crippen LogP contribution in [0.25, 0.3) is 6.08 Å². The minimum Gasteiger partial charge on any atom is -0.308 e. The maximum atomic E-state index is 14.7. The number of hydrogen-bond donors (Lipinski definition) is 1. The summed E-state index contributed by atoms with van der Waals surface area (Å²) < 4.78 is 42.3. The second-order valence-corrected chi connectivity index (χ2v) is 10.6. The van der Waals surface area contributed by atoms with Crippen LogP contribution in [0.15, 0.2) is 35.7 Å². The number of halogens is 2. The summed E-state index contributed by atoms with van der Waals surface area (Å²) in [6, 6.07) is 7.22. The number of sulfonamides is 1. The fourth-order valence-corrected chi connectivity index (χ4v) is 5.21. The Labute approximate surface area is 185 Å². The number of hydrogen-bond acceptors (Lipinski definition) is 5. The molecule has 0 spiro atoms. The fourth-order valence-electron chi connectivity index (χ4n) is 3.14. The Hall–Kier alpha value is -1.78. The van der Waals surface area contributed by atoms with Crippen LogP contribution >= 0.6 is 22.9 Å². The molecule has 1 saturated heterocycles. The van der Waals surface area contributed by atoms with Crippen LogP contribution in [0.3, 0.4) is 0 Å². The molecule has 6 nitrogen and oxygen atoms in total. The van der Waals surface area contributed by atoms with Crippen LogP contribution < -0.4 is 9.62 Å². The molecule has 10 heteroatoms. The Kier molecular flexibility index (Phi) is 6.98. The van der Waals surface area contributed by atoms with Gasteiger partial charge in [0.05, 0.1) is 10.0 Å². The lowest BCUT2D eigenvalue weighted by Gasteiger charge is -2.22. The Morgan fingerprint density at radius 3 is 2.67 bits per heavy atom. The number of amides is 1. The van der Waals surface area contributed by atoms with Crippen molar-refractivity contribution in [1.82, 2.24) is 9.62 Å². The second-order valence-electron chi connectivity index (χ2n) is 7.29. The van der Waals surface area contributed by atoms with Gasteiger partial charge in [-0.25, -0.2) is 12.8 Å². The number of benzene rings is 1. The zero-order valence-corrected chi connectivity index (χ0v) is 19.2. The normalized spacial score (nSPS) is 18.7. The summed E-state index contributed by atoms with van der Waals surface area (Å²) in [6.07, 6.45) is 1.67. The van der Waals surface area contributed by atoms with Gasteiger partial charge in [0.25, 0.3) is 0 Å². The highest BCUT2D eigenvalue weighted by Gasteiger charge is 2.36. The minimum atomic E-state index is -3.84. The van der Waals surface area contributed by atoms with Gasteiger partial charge in [-0.05, 0) is 63.3 Å². The number of nitrogens with one attached hydrogen (secondary N) is 1. The molecule has 0 aliphatic carbocycles. The molecule has 2 aromatic rings. The van der Waals surface area contributed by atoms with Gasteiger partial charge >= 0.3 is 0 Å². The van der Waals surface area contributed by atoms with Crippen molar-refractivity contribution in [2.45, 2.75) is 25.4 Å². The third kappa shape index (κ3) is 5.28. The zero-order chi connectivity index (χ0) is 22.1. The van der Waals surface area contributed by atoms with E-state index >= 15 is 0 Å². The zero-order valence-electron chi connectivity index (χ0n) is 16.8. The fraction of sp³-hybridized carbons (Fsp3) is 0.350. The van der Waals surface area contributed by atoms with Gasteiger partial charge in [-0.15, -0.1) is 11.3 Å². The quantitative estimate of drug-likeness (QED) is 0.665. The first-order chi connectivity index (χ1) is 14.1. The first kappa shape index (κ1) is 22.9. The number of anilines is 1. The van der Waals surface area contributed by atoms with Crippen molar-refractivity contribution in [1.29, 1.82) is 0 Å². The lowest BCUT2D eigenvalue weighted by Crippen LogP contribution is -2.40. The van der Waals surface area contributed by atoms with E-state index in [4.69, 9.17) is 11.6 Å². The van der Waals surface area contributed by atoms with Crippen molar-refractivity contribution in [3.8, 4) is 0 Å². The van der Waals surface area contributed by atoms with Crippen molar-refractivity contribution >= 4 is 50.6 Å². The highest BCUT2D eigenvalue weighted by atomic mass is 35.5. The van der Waals surface area contributed by atoms with E-state index in [0.29, 0.717) is 9.21 Å². The smallest absolute Gasteiger partial charge is 0.245 e. The summed E-state index contributed by atoms with van der Waals surface area (Å²) in [7, 11) is -0.0409. The largest absolute Gasteiger partial charge is 0.308 e. The van der Waals surface area contributed by atoms with E-state index < -0.39 is 27.8 Å². The lowest BCUT2D eigenvalue weighted by molar-refractivity contribution is -0.118. The number of nitrogens with zero attached hydrogens (tertiary/aromatic N) is 2. The molecule has 30 heavy (non-hydrogen) atoms. The number of thiophene rings is 1. The molecule has 1 aromatic heterocycles. The molecule has 2 atom stereocenters. The van der Waals surface area contributed by atoms with E-state index in [0.717, 1.165) is 11.0 Å². The van der Waals surface area contributed by atoms with E-state index in [1.165, 1.54) is 28.4 Å². The highest BCUT2D eigenvalue weighted by Crippen LogP contribution is 2.29. The number of carbonyl (C=O) groups is 1. The molecule has 1 amide bonds. The SMILES string of the molecule is CC(c1ccc(N2CC[C@H](NS(=O)(=O)/C=C/c3ccc(Cl)s3)C2=O)c(F)c1)N(C)C. The Balaban J connectivity index is 1.70. The second kappa shape index (κ2) is 9.15. The van der Waals surface area contributed by atoms with Gasteiger partial charge in [0.1, 0.15) is 11.9 Å². The van der Waals surface area contributed by atoms with Gasteiger partial charge in [-0.3, -0.25) is 4.79 Å². The molecule has 1 N–H and O–H groups in total. The molecule has 1 aliphatic rings. The molecular formula is C20H23ClFN3O3S2. The molecule has 162 valence electrons. The molecule has 3 rings (SSSR count). The standard InChI is InChI=1S/C20H23ClFN3O3S2/c1-13(24(2)3)14-4-6-18(16(22)12-14)25-10-8-17(20(25)26)23-30(27,28)11-9-15-5-7-19(21)29-15/h4-7,9,11-13,17,23H,8,10H2,1-3H3/b11-9+/t13?,17-/m0/s1. The molecular weight excluding hydrogens is 449 g/mol.